The summed E-state index contributed by atoms with van der Waals surface area (Å²) in [7, 11) is 0. The van der Waals surface area contributed by atoms with E-state index in [0.717, 1.165) is 39.6 Å². The van der Waals surface area contributed by atoms with Gasteiger partial charge in [-0.2, -0.15) is 0 Å². The maximum atomic E-state index is 15.6. The quantitative estimate of drug-likeness (QED) is 0.245. The van der Waals surface area contributed by atoms with Gasteiger partial charge in [0.2, 0.25) is 22.8 Å². The van der Waals surface area contributed by atoms with E-state index in [0.29, 0.717) is 5.56 Å². The molecule has 3 nitrogen and oxygen atoms in total. The minimum atomic E-state index is -0.780. The molecule has 0 amide bonds. The molecule has 184 valence electrons. The number of pyridine rings is 3. The molecule has 0 fully saturated rings. The first-order valence-corrected chi connectivity index (χ1v) is 13.2. The Bertz CT molecular complexity index is 1880. The molecule has 0 saturated carbocycles. The Kier molecular flexibility index (Phi) is 4.54. The molecule has 8 rings (SSSR count). The molecule has 0 aliphatic carbocycles. The lowest BCUT2D eigenvalue weighted by Gasteiger charge is -2.22. The number of nitrogens with zero attached hydrogens (tertiary/aromatic N) is 3. The van der Waals surface area contributed by atoms with Crippen molar-refractivity contribution < 1.29 is 13.5 Å². The molecule has 0 bridgehead atoms. The van der Waals surface area contributed by atoms with Crippen molar-refractivity contribution in [1.29, 1.82) is 0 Å². The van der Waals surface area contributed by atoms with Crippen molar-refractivity contribution in [3.63, 3.8) is 0 Å². The number of aryl methyl sites for hydroxylation is 1. The van der Waals surface area contributed by atoms with Crippen LogP contribution in [-0.2, 0) is 5.66 Å². The van der Waals surface area contributed by atoms with Crippen molar-refractivity contribution in [2.75, 3.05) is 0 Å². The summed E-state index contributed by atoms with van der Waals surface area (Å²) >= 11 is 0. The van der Waals surface area contributed by atoms with Crippen LogP contribution in [0.15, 0.2) is 128 Å². The number of aromatic nitrogens is 3. The summed E-state index contributed by atoms with van der Waals surface area (Å²) in [6.07, 6.45) is 1.81. The lowest BCUT2D eigenvalue weighted by atomic mass is 9.87. The van der Waals surface area contributed by atoms with E-state index >= 15 is 4.39 Å². The van der Waals surface area contributed by atoms with Gasteiger partial charge in [0.05, 0.1) is 16.7 Å². The van der Waals surface area contributed by atoms with E-state index in [1.54, 1.807) is 6.07 Å². The molecule has 0 spiro atoms. The van der Waals surface area contributed by atoms with Crippen LogP contribution in [0.2, 0.25) is 0 Å². The van der Waals surface area contributed by atoms with Crippen LogP contribution in [0.25, 0.3) is 45.2 Å². The Morgan fingerprint density at radius 1 is 0.564 bits per heavy atom. The van der Waals surface area contributed by atoms with Crippen molar-refractivity contribution >= 4 is 0 Å². The smallest absolute Gasteiger partial charge is 0.250 e. The maximum Gasteiger partial charge on any atom is 0.418 e. The van der Waals surface area contributed by atoms with Crippen LogP contribution in [0.3, 0.4) is 0 Å². The number of hydrogen-bond acceptors (Lipinski definition) is 1. The van der Waals surface area contributed by atoms with Crippen LogP contribution in [0.5, 0.6) is 0 Å². The second kappa shape index (κ2) is 8.02. The zero-order chi connectivity index (χ0) is 26.1. The molecule has 0 atom stereocenters. The largest absolute Gasteiger partial charge is 0.418 e. The SMILES string of the molecule is Cc1cc2[n+]3c(c1)-c1ccccc1C3([n+]1c(-c3ccccn3)cccc1-c1ccccc1F)c1ccccc1-2. The summed E-state index contributed by atoms with van der Waals surface area (Å²) in [5.41, 5.74) is 10.5. The molecule has 3 aromatic heterocycles. The molecule has 2 aliphatic rings. The lowest BCUT2D eigenvalue weighted by molar-refractivity contribution is -0.945. The minimum absolute atomic E-state index is 0.257. The third-order valence-electron chi connectivity index (χ3n) is 8.08. The van der Waals surface area contributed by atoms with Crippen LogP contribution in [-0.4, -0.2) is 4.98 Å². The molecule has 4 heteroatoms. The summed E-state index contributed by atoms with van der Waals surface area (Å²) in [6, 6.07) is 40.9. The maximum absolute atomic E-state index is 15.6. The van der Waals surface area contributed by atoms with Crippen molar-refractivity contribution in [3.8, 4) is 45.2 Å². The van der Waals surface area contributed by atoms with Gasteiger partial charge in [0.1, 0.15) is 22.6 Å². The molecule has 39 heavy (non-hydrogen) atoms. The monoisotopic (exact) mass is 505 g/mol. The first-order valence-electron chi connectivity index (χ1n) is 13.2. The minimum Gasteiger partial charge on any atom is -0.250 e. The first-order chi connectivity index (χ1) is 19.2. The highest BCUT2D eigenvalue weighted by atomic mass is 19.1. The fourth-order valence-electron chi connectivity index (χ4n) is 6.68. The Hall–Kier alpha value is -4.96. The third-order valence-corrected chi connectivity index (χ3v) is 8.08. The van der Waals surface area contributed by atoms with E-state index < -0.39 is 5.66 Å². The third kappa shape index (κ3) is 2.83. The van der Waals surface area contributed by atoms with E-state index in [9.17, 15) is 0 Å². The van der Waals surface area contributed by atoms with E-state index in [-0.39, 0.29) is 5.82 Å². The van der Waals surface area contributed by atoms with Gasteiger partial charge in [0, 0.05) is 30.5 Å². The molecule has 3 aromatic carbocycles. The Labute approximate surface area is 226 Å². The van der Waals surface area contributed by atoms with Crippen molar-refractivity contribution in [2.45, 2.75) is 12.6 Å². The normalized spacial score (nSPS) is 13.6. The average molecular weight is 506 g/mol. The van der Waals surface area contributed by atoms with Crippen molar-refractivity contribution in [2.24, 2.45) is 0 Å². The average Bonchev–Trinajstić information content (AvgIpc) is 3.44. The van der Waals surface area contributed by atoms with Crippen LogP contribution in [0, 0.1) is 12.7 Å². The summed E-state index contributed by atoms with van der Waals surface area (Å²) in [5.74, 6) is -0.257. The Morgan fingerprint density at radius 2 is 1.13 bits per heavy atom. The fraction of sp³-hybridized carbons (Fsp3) is 0.0571. The van der Waals surface area contributed by atoms with E-state index in [1.165, 1.54) is 22.8 Å². The first kappa shape index (κ1) is 22.1. The topological polar surface area (TPSA) is 20.6 Å². The number of benzene rings is 3. The van der Waals surface area contributed by atoms with Gasteiger partial charge in [0.15, 0.2) is 0 Å². The van der Waals surface area contributed by atoms with Gasteiger partial charge in [-0.3, -0.25) is 0 Å². The van der Waals surface area contributed by atoms with Crippen molar-refractivity contribution in [1.82, 2.24) is 4.98 Å². The highest BCUT2D eigenvalue weighted by Gasteiger charge is 2.68. The zero-order valence-corrected chi connectivity index (χ0v) is 21.3. The lowest BCUT2D eigenvalue weighted by Crippen LogP contribution is -2.73. The highest BCUT2D eigenvalue weighted by Crippen LogP contribution is 2.49. The van der Waals surface area contributed by atoms with Gasteiger partial charge in [-0.05, 0) is 67.1 Å². The van der Waals surface area contributed by atoms with Crippen LogP contribution < -0.4 is 9.13 Å². The predicted octanol–water partition coefficient (Wildman–Crippen LogP) is 6.70. The van der Waals surface area contributed by atoms with Gasteiger partial charge < -0.3 is 0 Å². The number of fused-ring (bicyclic) bond motifs is 6. The highest BCUT2D eigenvalue weighted by molar-refractivity contribution is 5.77. The van der Waals surface area contributed by atoms with Gasteiger partial charge in [-0.25, -0.2) is 9.37 Å². The van der Waals surface area contributed by atoms with Gasteiger partial charge in [-0.15, -0.1) is 9.13 Å². The predicted molar refractivity (Wildman–Crippen MR) is 149 cm³/mol. The Balaban J connectivity index is 1.63. The van der Waals surface area contributed by atoms with E-state index in [1.807, 2.05) is 48.7 Å². The summed E-state index contributed by atoms with van der Waals surface area (Å²) in [5, 5.41) is 0. The molecule has 0 saturated heterocycles. The fourth-order valence-corrected chi connectivity index (χ4v) is 6.68. The molecule has 2 aliphatic heterocycles. The molecule has 5 heterocycles. The number of hydrogen-bond donors (Lipinski definition) is 0. The second-order valence-electron chi connectivity index (χ2n) is 10.2. The molecule has 0 radical (unpaired) electrons. The second-order valence-corrected chi connectivity index (χ2v) is 10.2. The summed E-state index contributed by atoms with van der Waals surface area (Å²) in [4.78, 5) is 4.78. The van der Waals surface area contributed by atoms with Crippen molar-refractivity contribution in [3.05, 3.63) is 150 Å². The van der Waals surface area contributed by atoms with E-state index in [2.05, 4.69) is 82.8 Å². The number of rotatable bonds is 3. The molecule has 0 N–H and O–H groups in total. The Morgan fingerprint density at radius 3 is 1.77 bits per heavy atom. The van der Waals surface area contributed by atoms with Crippen LogP contribution in [0.4, 0.5) is 4.39 Å². The van der Waals surface area contributed by atoms with E-state index in [4.69, 9.17) is 4.98 Å². The standard InChI is InChI=1S/C35H24FN3/c1-23-21-33-24-11-2-5-14-27(24)35(28-15-6-3-12-25(28)34(22-23)39(33)35)38-31(26-13-4-7-16-29(26)36)18-10-19-32(38)30-17-8-9-20-37-30/h2-22H,1H3/q+2. The van der Waals surface area contributed by atoms with Crippen LogP contribution >= 0.6 is 0 Å². The van der Waals surface area contributed by atoms with Gasteiger partial charge in [-0.1, -0.05) is 42.5 Å². The van der Waals surface area contributed by atoms with Gasteiger partial charge in [0.25, 0.3) is 0 Å². The molecule has 6 aromatic rings. The molecular weight excluding hydrogens is 481 g/mol. The molecule has 0 unspecified atom stereocenters. The number of halogens is 1. The summed E-state index contributed by atoms with van der Waals surface area (Å²) < 4.78 is 20.4. The molecular formula is C35H24FN3+2. The van der Waals surface area contributed by atoms with Gasteiger partial charge >= 0.3 is 5.66 Å². The summed E-state index contributed by atoms with van der Waals surface area (Å²) in [6.45, 7) is 2.15. The zero-order valence-electron chi connectivity index (χ0n) is 21.3. The van der Waals surface area contributed by atoms with Crippen LogP contribution in [0.1, 0.15) is 16.7 Å².